The number of carboxylic acid groups (broad SMARTS) is 1. The predicted molar refractivity (Wildman–Crippen MR) is 52.1 cm³/mol. The van der Waals surface area contributed by atoms with Gasteiger partial charge in [0.25, 0.3) is 0 Å². The van der Waals surface area contributed by atoms with Crippen LogP contribution in [0.2, 0.25) is 0 Å². The molecule has 0 radical (unpaired) electrons. The molecule has 0 aliphatic heterocycles. The summed E-state index contributed by atoms with van der Waals surface area (Å²) in [6.07, 6.45) is 1.21. The number of carbonyl (C=O) groups is 1. The lowest BCUT2D eigenvalue weighted by atomic mass is 10.0. The van der Waals surface area contributed by atoms with Gasteiger partial charge in [-0.2, -0.15) is 0 Å². The minimum absolute atomic E-state index is 0.259. The minimum atomic E-state index is -1.34. The molecule has 0 unspecified atom stereocenters. The van der Waals surface area contributed by atoms with Crippen molar-refractivity contribution >= 4 is 5.97 Å². The van der Waals surface area contributed by atoms with E-state index in [0.29, 0.717) is 0 Å². The van der Waals surface area contributed by atoms with Gasteiger partial charge in [-0.1, -0.05) is 6.08 Å². The summed E-state index contributed by atoms with van der Waals surface area (Å²) < 4.78 is 13.3. The molecule has 15 heavy (non-hydrogen) atoms. The monoisotopic (exact) mass is 211 g/mol. The van der Waals surface area contributed by atoms with Crippen molar-refractivity contribution in [2.75, 3.05) is 0 Å². The molecule has 0 saturated carbocycles. The van der Waals surface area contributed by atoms with Gasteiger partial charge < -0.3 is 15.9 Å². The molecule has 4 N–H and O–H groups in total. The van der Waals surface area contributed by atoms with Gasteiger partial charge in [-0.05, 0) is 12.1 Å². The molecule has 0 amide bonds. The lowest BCUT2D eigenvalue weighted by molar-refractivity contribution is 0.0693. The highest BCUT2D eigenvalue weighted by atomic mass is 19.1. The molecule has 0 aromatic heterocycles. The lowest BCUT2D eigenvalue weighted by Crippen LogP contribution is -2.11. The molecule has 0 aliphatic rings. The Hall–Kier alpha value is -1.88. The zero-order valence-corrected chi connectivity index (χ0v) is 7.77. The van der Waals surface area contributed by atoms with Crippen LogP contribution in [-0.2, 0) is 0 Å². The van der Waals surface area contributed by atoms with Crippen LogP contribution < -0.4 is 5.73 Å². The molecule has 1 atom stereocenters. The van der Waals surface area contributed by atoms with Crippen molar-refractivity contribution in [3.63, 3.8) is 0 Å². The van der Waals surface area contributed by atoms with Crippen LogP contribution in [-0.4, -0.2) is 16.2 Å². The number of phenols is 1. The second-order valence-electron chi connectivity index (χ2n) is 2.92. The van der Waals surface area contributed by atoms with Gasteiger partial charge in [0.2, 0.25) is 0 Å². The average molecular weight is 211 g/mol. The molecule has 1 aromatic carbocycles. The summed E-state index contributed by atoms with van der Waals surface area (Å²) >= 11 is 0. The highest BCUT2D eigenvalue weighted by Crippen LogP contribution is 2.30. The van der Waals surface area contributed by atoms with Gasteiger partial charge in [0.1, 0.15) is 17.1 Å². The topological polar surface area (TPSA) is 83.6 Å². The van der Waals surface area contributed by atoms with E-state index in [-0.39, 0.29) is 11.1 Å². The molecule has 0 fully saturated rings. The molecule has 80 valence electrons. The van der Waals surface area contributed by atoms with Crippen LogP contribution in [0.4, 0.5) is 4.39 Å². The van der Waals surface area contributed by atoms with E-state index in [4.69, 9.17) is 10.8 Å². The van der Waals surface area contributed by atoms with E-state index < -0.39 is 23.6 Å². The first-order chi connectivity index (χ1) is 6.99. The Morgan fingerprint density at radius 3 is 2.67 bits per heavy atom. The maximum absolute atomic E-state index is 13.3. The number of hydrogen-bond donors (Lipinski definition) is 3. The number of halogens is 1. The lowest BCUT2D eigenvalue weighted by Gasteiger charge is -2.11. The van der Waals surface area contributed by atoms with E-state index in [2.05, 4.69) is 6.58 Å². The molecule has 0 spiro atoms. The highest BCUT2D eigenvalue weighted by Gasteiger charge is 2.20. The molecular formula is C10H10FNO3. The van der Waals surface area contributed by atoms with Crippen molar-refractivity contribution in [3.05, 3.63) is 41.7 Å². The van der Waals surface area contributed by atoms with E-state index in [9.17, 15) is 14.3 Å². The Morgan fingerprint density at radius 2 is 2.20 bits per heavy atom. The number of nitrogens with two attached hydrogens (primary N) is 1. The molecule has 0 saturated heterocycles. The Morgan fingerprint density at radius 1 is 1.60 bits per heavy atom. The van der Waals surface area contributed by atoms with E-state index in [1.54, 1.807) is 0 Å². The van der Waals surface area contributed by atoms with Gasteiger partial charge in [0, 0.05) is 0 Å². The maximum atomic E-state index is 13.3. The predicted octanol–water partition coefficient (Wildman–Crippen LogP) is 1.42. The van der Waals surface area contributed by atoms with Crippen LogP contribution in [0.3, 0.4) is 0 Å². The molecule has 0 aliphatic carbocycles. The van der Waals surface area contributed by atoms with Gasteiger partial charge in [0.05, 0.1) is 11.6 Å². The van der Waals surface area contributed by atoms with E-state index in [0.717, 1.165) is 12.1 Å². The van der Waals surface area contributed by atoms with Crippen molar-refractivity contribution < 1.29 is 19.4 Å². The summed E-state index contributed by atoms with van der Waals surface area (Å²) in [5, 5.41) is 18.2. The molecule has 1 rings (SSSR count). The number of aromatic carboxylic acids is 1. The Bertz CT molecular complexity index is 417. The number of hydrogen-bond acceptors (Lipinski definition) is 3. The summed E-state index contributed by atoms with van der Waals surface area (Å²) in [7, 11) is 0. The van der Waals surface area contributed by atoms with E-state index in [1.165, 1.54) is 6.08 Å². The smallest absolute Gasteiger partial charge is 0.339 e. The van der Waals surface area contributed by atoms with Crippen molar-refractivity contribution in [1.82, 2.24) is 0 Å². The molecule has 4 nitrogen and oxygen atoms in total. The zero-order chi connectivity index (χ0) is 11.6. The van der Waals surface area contributed by atoms with Crippen molar-refractivity contribution in [2.45, 2.75) is 6.04 Å². The summed E-state index contributed by atoms with van der Waals surface area (Å²) in [6, 6.07) is 0.984. The fourth-order valence-electron chi connectivity index (χ4n) is 1.19. The van der Waals surface area contributed by atoms with Crippen LogP contribution in [0.1, 0.15) is 22.0 Å². The minimum Gasteiger partial charge on any atom is -0.507 e. The van der Waals surface area contributed by atoms with Crippen molar-refractivity contribution in [2.24, 2.45) is 5.73 Å². The summed E-state index contributed by atoms with van der Waals surface area (Å²) in [5.74, 6) is -2.76. The third-order valence-electron chi connectivity index (χ3n) is 1.98. The van der Waals surface area contributed by atoms with Crippen molar-refractivity contribution in [3.8, 4) is 5.75 Å². The Balaban J connectivity index is 3.42. The number of aromatic hydroxyl groups is 1. The Kier molecular flexibility index (Phi) is 3.06. The van der Waals surface area contributed by atoms with E-state index in [1.807, 2.05) is 0 Å². The number of rotatable bonds is 3. The van der Waals surface area contributed by atoms with Crippen LogP contribution >= 0.6 is 0 Å². The van der Waals surface area contributed by atoms with Crippen LogP contribution in [0.15, 0.2) is 24.8 Å². The van der Waals surface area contributed by atoms with Crippen LogP contribution in [0.25, 0.3) is 0 Å². The highest BCUT2D eigenvalue weighted by molar-refractivity contribution is 5.91. The second-order valence-corrected chi connectivity index (χ2v) is 2.92. The fourth-order valence-corrected chi connectivity index (χ4v) is 1.19. The number of benzene rings is 1. The summed E-state index contributed by atoms with van der Waals surface area (Å²) in [4.78, 5) is 10.6. The molecular weight excluding hydrogens is 201 g/mol. The molecule has 0 heterocycles. The fraction of sp³-hybridized carbons (Fsp3) is 0.100. The standard InChI is InChI=1S/C10H10FNO3/c1-2-7(12)8-6(11)4-3-5(9(8)13)10(14)15/h2-4,7,13H,1,12H2,(H,14,15)/t7-/m1/s1. The normalized spacial score (nSPS) is 12.1. The molecule has 5 heteroatoms. The van der Waals surface area contributed by atoms with E-state index >= 15 is 0 Å². The average Bonchev–Trinajstić information content (AvgIpc) is 2.16. The van der Waals surface area contributed by atoms with Gasteiger partial charge >= 0.3 is 5.97 Å². The van der Waals surface area contributed by atoms with Gasteiger partial charge in [-0.3, -0.25) is 0 Å². The van der Waals surface area contributed by atoms with Crippen molar-refractivity contribution in [1.29, 1.82) is 0 Å². The SMILES string of the molecule is C=C[C@@H](N)c1c(F)ccc(C(=O)O)c1O. The van der Waals surface area contributed by atoms with Crippen LogP contribution in [0, 0.1) is 5.82 Å². The number of carboxylic acids is 1. The quantitative estimate of drug-likeness (QED) is 0.660. The van der Waals surface area contributed by atoms with Crippen LogP contribution in [0.5, 0.6) is 5.75 Å². The summed E-state index contributed by atoms with van der Waals surface area (Å²) in [6.45, 7) is 3.34. The maximum Gasteiger partial charge on any atom is 0.339 e. The third-order valence-corrected chi connectivity index (χ3v) is 1.98. The van der Waals surface area contributed by atoms with Gasteiger partial charge in [-0.25, -0.2) is 9.18 Å². The molecule has 0 bridgehead atoms. The van der Waals surface area contributed by atoms with Gasteiger partial charge in [0.15, 0.2) is 0 Å². The third kappa shape index (κ3) is 1.97. The zero-order valence-electron chi connectivity index (χ0n) is 7.77. The first-order valence-corrected chi connectivity index (χ1v) is 4.11. The first-order valence-electron chi connectivity index (χ1n) is 4.11. The molecule has 1 aromatic rings. The Labute approximate surface area is 85.5 Å². The largest absolute Gasteiger partial charge is 0.507 e. The first kappa shape index (κ1) is 11.2. The van der Waals surface area contributed by atoms with Gasteiger partial charge in [-0.15, -0.1) is 6.58 Å². The second kappa shape index (κ2) is 4.10. The summed E-state index contributed by atoms with van der Waals surface area (Å²) in [5.41, 5.74) is 4.81.